The van der Waals surface area contributed by atoms with Crippen LogP contribution in [-0.4, -0.2) is 47.8 Å². The number of methoxy groups -OCH3 is 2. The fourth-order valence-corrected chi connectivity index (χ4v) is 5.14. The first-order valence-electron chi connectivity index (χ1n) is 10.1. The molecule has 0 aliphatic heterocycles. The zero-order valence-corrected chi connectivity index (χ0v) is 21.0. The van der Waals surface area contributed by atoms with Crippen LogP contribution in [0.15, 0.2) is 65.4 Å². The summed E-state index contributed by atoms with van der Waals surface area (Å²) in [5, 5.41) is 11.0. The van der Waals surface area contributed by atoms with E-state index < -0.39 is 21.4 Å². The maximum absolute atomic E-state index is 13.5. The number of aliphatic hydroxyl groups is 1. The first kappa shape index (κ1) is 25.1. The van der Waals surface area contributed by atoms with E-state index in [0.717, 1.165) is 11.1 Å². The van der Waals surface area contributed by atoms with Crippen molar-refractivity contribution in [3.8, 4) is 11.5 Å². The topological polar surface area (TPSA) is 102 Å². The van der Waals surface area contributed by atoms with Crippen molar-refractivity contribution >= 4 is 26.0 Å². The Bertz CT molecular complexity index is 1100. The molecule has 0 fully saturated rings. The van der Waals surface area contributed by atoms with Crippen LogP contribution in [-0.2, 0) is 28.7 Å². The Balaban J connectivity index is 1.89. The first-order chi connectivity index (χ1) is 15.6. The average molecular weight is 536 g/mol. The van der Waals surface area contributed by atoms with Gasteiger partial charge in [-0.1, -0.05) is 24.3 Å². The molecule has 3 rings (SSSR count). The third-order valence-corrected chi connectivity index (χ3v) is 7.38. The summed E-state index contributed by atoms with van der Waals surface area (Å²) < 4.78 is 39.3. The Morgan fingerprint density at radius 3 is 1.73 bits per heavy atom. The van der Waals surface area contributed by atoms with Crippen LogP contribution in [0.3, 0.4) is 0 Å². The monoisotopic (exact) mass is 535 g/mol. The summed E-state index contributed by atoms with van der Waals surface area (Å²) in [5.41, 5.74) is -0.211. The van der Waals surface area contributed by atoms with Crippen molar-refractivity contribution in [3.05, 3.63) is 82.3 Å². The molecule has 33 heavy (non-hydrogen) atoms. The zero-order chi connectivity index (χ0) is 24.1. The third-order valence-electron chi connectivity index (χ3n) is 4.99. The molecule has 10 heteroatoms. The van der Waals surface area contributed by atoms with Gasteiger partial charge < -0.3 is 14.6 Å². The highest BCUT2D eigenvalue weighted by atomic mass is 79.9. The lowest BCUT2D eigenvalue weighted by Crippen LogP contribution is -2.41. The number of rotatable bonds is 10. The van der Waals surface area contributed by atoms with Gasteiger partial charge in [-0.2, -0.15) is 4.31 Å². The standard InChI is InChI=1S/C23H26BrN3O5S/c1-23(28,22-25-12-19(24)13-26-22)16-33(29,30)27(14-17-4-8-20(31-2)9-5-17)15-18-6-10-21(32-3)11-7-18/h4-13,28H,14-16H2,1-3H3. The van der Waals surface area contributed by atoms with E-state index >= 15 is 0 Å². The molecule has 0 spiro atoms. The second-order valence-corrected chi connectivity index (χ2v) is 10.6. The summed E-state index contributed by atoms with van der Waals surface area (Å²) >= 11 is 3.24. The summed E-state index contributed by atoms with van der Waals surface area (Å²) in [4.78, 5) is 8.16. The van der Waals surface area contributed by atoms with Gasteiger partial charge in [-0.3, -0.25) is 0 Å². The maximum Gasteiger partial charge on any atom is 0.218 e. The normalized spacial score (nSPS) is 13.5. The van der Waals surface area contributed by atoms with Crippen LogP contribution in [0.2, 0.25) is 0 Å². The van der Waals surface area contributed by atoms with Crippen molar-refractivity contribution in [1.82, 2.24) is 14.3 Å². The van der Waals surface area contributed by atoms with Crippen molar-refractivity contribution < 1.29 is 23.0 Å². The van der Waals surface area contributed by atoms with Gasteiger partial charge in [-0.15, -0.1) is 0 Å². The minimum atomic E-state index is -3.94. The van der Waals surface area contributed by atoms with Gasteiger partial charge in [0.25, 0.3) is 0 Å². The second-order valence-electron chi connectivity index (χ2n) is 7.72. The predicted molar refractivity (Wildman–Crippen MR) is 128 cm³/mol. The van der Waals surface area contributed by atoms with Crippen LogP contribution in [0.5, 0.6) is 11.5 Å². The number of ether oxygens (including phenoxy) is 2. The molecular weight excluding hydrogens is 510 g/mol. The number of halogens is 1. The summed E-state index contributed by atoms with van der Waals surface area (Å²) in [6.07, 6.45) is 2.94. The molecule has 0 aliphatic carbocycles. The fourth-order valence-electron chi connectivity index (χ4n) is 3.22. The van der Waals surface area contributed by atoms with Crippen LogP contribution in [0.1, 0.15) is 23.9 Å². The Morgan fingerprint density at radius 1 is 0.909 bits per heavy atom. The summed E-state index contributed by atoms with van der Waals surface area (Å²) in [6.45, 7) is 1.64. The van der Waals surface area contributed by atoms with E-state index in [2.05, 4.69) is 25.9 Å². The number of benzene rings is 2. The van der Waals surface area contributed by atoms with E-state index in [9.17, 15) is 13.5 Å². The first-order valence-corrected chi connectivity index (χ1v) is 12.5. The average Bonchev–Trinajstić information content (AvgIpc) is 2.79. The number of sulfonamides is 1. The van der Waals surface area contributed by atoms with Gasteiger partial charge in [0.2, 0.25) is 10.0 Å². The van der Waals surface area contributed by atoms with Crippen molar-refractivity contribution in [1.29, 1.82) is 0 Å². The molecule has 0 bridgehead atoms. The van der Waals surface area contributed by atoms with Gasteiger partial charge in [0.15, 0.2) is 5.82 Å². The Hall–Kier alpha value is -2.53. The highest BCUT2D eigenvalue weighted by molar-refractivity contribution is 9.10. The molecule has 0 saturated carbocycles. The molecule has 0 saturated heterocycles. The van der Waals surface area contributed by atoms with Gasteiger partial charge in [0, 0.05) is 25.5 Å². The van der Waals surface area contributed by atoms with Crippen LogP contribution >= 0.6 is 15.9 Å². The fraction of sp³-hybridized carbons (Fsp3) is 0.304. The Morgan fingerprint density at radius 2 is 1.33 bits per heavy atom. The summed E-state index contributed by atoms with van der Waals surface area (Å²) in [5.74, 6) is 0.814. The lowest BCUT2D eigenvalue weighted by molar-refractivity contribution is 0.0705. The molecule has 8 nitrogen and oxygen atoms in total. The van der Waals surface area contributed by atoms with Gasteiger partial charge in [0.05, 0.1) is 18.7 Å². The molecular formula is C23H26BrN3O5S. The van der Waals surface area contributed by atoms with Gasteiger partial charge in [-0.05, 0) is 58.2 Å². The minimum Gasteiger partial charge on any atom is -0.497 e. The Kier molecular flexibility index (Phi) is 8.06. The maximum atomic E-state index is 13.5. The largest absolute Gasteiger partial charge is 0.497 e. The van der Waals surface area contributed by atoms with E-state index in [1.807, 2.05) is 24.3 Å². The van der Waals surface area contributed by atoms with E-state index in [1.54, 1.807) is 38.5 Å². The molecule has 0 radical (unpaired) electrons. The number of hydrogen-bond acceptors (Lipinski definition) is 7. The number of hydrogen-bond donors (Lipinski definition) is 1. The van der Waals surface area contributed by atoms with Gasteiger partial charge >= 0.3 is 0 Å². The number of aromatic nitrogens is 2. The van der Waals surface area contributed by atoms with Crippen molar-refractivity contribution in [2.45, 2.75) is 25.6 Å². The highest BCUT2D eigenvalue weighted by Crippen LogP contribution is 2.25. The lowest BCUT2D eigenvalue weighted by Gasteiger charge is -2.28. The van der Waals surface area contributed by atoms with Crippen molar-refractivity contribution in [2.24, 2.45) is 0 Å². The molecule has 1 aromatic heterocycles. The highest BCUT2D eigenvalue weighted by Gasteiger charge is 2.36. The molecule has 3 aromatic rings. The van der Waals surface area contributed by atoms with Crippen molar-refractivity contribution in [3.63, 3.8) is 0 Å². The molecule has 0 amide bonds. The molecule has 1 unspecified atom stereocenters. The van der Waals surface area contributed by atoms with E-state index in [0.29, 0.717) is 16.0 Å². The van der Waals surface area contributed by atoms with E-state index in [1.165, 1.54) is 23.6 Å². The second kappa shape index (κ2) is 10.6. The summed E-state index contributed by atoms with van der Waals surface area (Å²) in [7, 11) is -0.795. The SMILES string of the molecule is COc1ccc(CN(Cc2ccc(OC)cc2)S(=O)(=O)CC(C)(O)c2ncc(Br)cn2)cc1. The quantitative estimate of drug-likeness (QED) is 0.423. The van der Waals surface area contributed by atoms with Crippen LogP contribution in [0.4, 0.5) is 0 Å². The Labute approximate surface area is 202 Å². The van der Waals surface area contributed by atoms with Gasteiger partial charge in [0.1, 0.15) is 22.9 Å². The lowest BCUT2D eigenvalue weighted by atomic mass is 10.1. The minimum absolute atomic E-state index is 0.0307. The van der Waals surface area contributed by atoms with Crippen LogP contribution < -0.4 is 9.47 Å². The van der Waals surface area contributed by atoms with Crippen LogP contribution in [0, 0.1) is 0 Å². The smallest absolute Gasteiger partial charge is 0.218 e. The molecule has 1 N–H and O–H groups in total. The molecule has 1 heterocycles. The molecule has 2 aromatic carbocycles. The summed E-state index contributed by atoms with van der Waals surface area (Å²) in [6, 6.07) is 14.4. The number of nitrogens with zero attached hydrogens (tertiary/aromatic N) is 3. The van der Waals surface area contributed by atoms with Gasteiger partial charge in [-0.25, -0.2) is 18.4 Å². The van der Waals surface area contributed by atoms with Crippen molar-refractivity contribution in [2.75, 3.05) is 20.0 Å². The molecule has 0 aliphatic rings. The molecule has 176 valence electrons. The molecule has 1 atom stereocenters. The van der Waals surface area contributed by atoms with E-state index in [4.69, 9.17) is 9.47 Å². The third kappa shape index (κ3) is 6.73. The predicted octanol–water partition coefficient (Wildman–Crippen LogP) is 3.50. The van der Waals surface area contributed by atoms with Crippen LogP contribution in [0.25, 0.3) is 0 Å². The zero-order valence-electron chi connectivity index (χ0n) is 18.6. The van der Waals surface area contributed by atoms with E-state index in [-0.39, 0.29) is 18.9 Å².